The summed E-state index contributed by atoms with van der Waals surface area (Å²) in [4.78, 5) is 13.7. The molecule has 1 aromatic carbocycles. The Kier molecular flexibility index (Phi) is 4.18. The molecular formula is C15H21NO. The van der Waals surface area contributed by atoms with Crippen molar-refractivity contribution in [2.24, 2.45) is 5.92 Å². The van der Waals surface area contributed by atoms with Crippen LogP contribution in [0, 0.1) is 5.92 Å². The smallest absolute Gasteiger partial charge is 0.222 e. The zero-order valence-corrected chi connectivity index (χ0v) is 10.6. The molecule has 2 rings (SSSR count). The van der Waals surface area contributed by atoms with E-state index < -0.39 is 0 Å². The van der Waals surface area contributed by atoms with Gasteiger partial charge in [-0.05, 0) is 37.2 Å². The van der Waals surface area contributed by atoms with Crippen molar-refractivity contribution in [2.45, 2.75) is 32.1 Å². The minimum Gasteiger partial charge on any atom is -0.345 e. The minimum absolute atomic E-state index is 0.299. The predicted molar refractivity (Wildman–Crippen MR) is 69.7 cm³/mol. The minimum atomic E-state index is 0.299. The molecular weight excluding hydrogens is 210 g/mol. The number of hydrogen-bond acceptors (Lipinski definition) is 1. The van der Waals surface area contributed by atoms with Crippen LogP contribution in [0.1, 0.15) is 31.2 Å². The molecule has 0 spiro atoms. The fourth-order valence-electron chi connectivity index (χ4n) is 2.07. The van der Waals surface area contributed by atoms with E-state index in [2.05, 4.69) is 24.3 Å². The summed E-state index contributed by atoms with van der Waals surface area (Å²) in [6.07, 6.45) is 5.25. The molecule has 2 nitrogen and oxygen atoms in total. The molecule has 0 aromatic heterocycles. The first kappa shape index (κ1) is 12.2. The fraction of sp³-hybridized carbons (Fsp3) is 0.533. The standard InChI is InChI=1S/C15H21NO/c1-16(12-14-10-11-14)15(17)9-5-8-13-6-3-2-4-7-13/h2-4,6-7,14H,5,8-12H2,1H3. The molecule has 0 atom stereocenters. The van der Waals surface area contributed by atoms with E-state index in [1.807, 2.05) is 18.0 Å². The quantitative estimate of drug-likeness (QED) is 0.737. The second-order valence-electron chi connectivity index (χ2n) is 5.06. The summed E-state index contributed by atoms with van der Waals surface area (Å²) in [5.41, 5.74) is 1.32. The monoisotopic (exact) mass is 231 g/mol. The number of rotatable bonds is 6. The first-order valence-corrected chi connectivity index (χ1v) is 6.53. The number of hydrogen-bond donors (Lipinski definition) is 0. The van der Waals surface area contributed by atoms with E-state index in [-0.39, 0.29) is 0 Å². The lowest BCUT2D eigenvalue weighted by molar-refractivity contribution is -0.130. The molecule has 0 unspecified atom stereocenters. The molecule has 1 aromatic rings. The maximum absolute atomic E-state index is 11.8. The highest BCUT2D eigenvalue weighted by molar-refractivity contribution is 5.75. The van der Waals surface area contributed by atoms with Gasteiger partial charge in [-0.15, -0.1) is 0 Å². The van der Waals surface area contributed by atoms with E-state index >= 15 is 0 Å². The SMILES string of the molecule is CN(CC1CC1)C(=O)CCCc1ccccc1. The molecule has 1 aliphatic carbocycles. The van der Waals surface area contributed by atoms with Gasteiger partial charge in [0.05, 0.1) is 0 Å². The lowest BCUT2D eigenvalue weighted by atomic mass is 10.1. The van der Waals surface area contributed by atoms with Crippen LogP contribution < -0.4 is 0 Å². The molecule has 17 heavy (non-hydrogen) atoms. The van der Waals surface area contributed by atoms with Crippen LogP contribution in [0.2, 0.25) is 0 Å². The third kappa shape index (κ3) is 4.22. The number of carbonyl (C=O) groups excluding carboxylic acids is 1. The number of amides is 1. The van der Waals surface area contributed by atoms with Crippen LogP contribution in [0.15, 0.2) is 30.3 Å². The van der Waals surface area contributed by atoms with Gasteiger partial charge in [0.1, 0.15) is 0 Å². The summed E-state index contributed by atoms with van der Waals surface area (Å²) in [6, 6.07) is 10.4. The van der Waals surface area contributed by atoms with Gasteiger partial charge in [0.15, 0.2) is 0 Å². The third-order valence-electron chi connectivity index (χ3n) is 3.35. The van der Waals surface area contributed by atoms with E-state index in [0.29, 0.717) is 12.3 Å². The molecule has 0 heterocycles. The predicted octanol–water partition coefficient (Wildman–Crippen LogP) is 2.88. The van der Waals surface area contributed by atoms with Crippen molar-refractivity contribution in [2.75, 3.05) is 13.6 Å². The van der Waals surface area contributed by atoms with Crippen molar-refractivity contribution in [1.82, 2.24) is 4.90 Å². The van der Waals surface area contributed by atoms with Crippen molar-refractivity contribution in [1.29, 1.82) is 0 Å². The van der Waals surface area contributed by atoms with E-state index in [9.17, 15) is 4.79 Å². The summed E-state index contributed by atoms with van der Waals surface area (Å²) in [7, 11) is 1.93. The van der Waals surface area contributed by atoms with Crippen molar-refractivity contribution in [3.8, 4) is 0 Å². The summed E-state index contributed by atoms with van der Waals surface area (Å²) in [5, 5.41) is 0. The molecule has 0 aliphatic heterocycles. The Hall–Kier alpha value is -1.31. The highest BCUT2D eigenvalue weighted by atomic mass is 16.2. The number of aryl methyl sites for hydroxylation is 1. The Morgan fingerprint density at radius 2 is 2.00 bits per heavy atom. The van der Waals surface area contributed by atoms with Crippen LogP contribution in [0.5, 0.6) is 0 Å². The second-order valence-corrected chi connectivity index (χ2v) is 5.06. The van der Waals surface area contributed by atoms with Crippen molar-refractivity contribution in [3.05, 3.63) is 35.9 Å². The molecule has 0 N–H and O–H groups in total. The maximum atomic E-state index is 11.8. The van der Waals surface area contributed by atoms with Crippen molar-refractivity contribution in [3.63, 3.8) is 0 Å². The summed E-state index contributed by atoms with van der Waals surface area (Å²) >= 11 is 0. The van der Waals surface area contributed by atoms with Gasteiger partial charge < -0.3 is 4.90 Å². The number of benzene rings is 1. The van der Waals surface area contributed by atoms with Gasteiger partial charge in [-0.25, -0.2) is 0 Å². The molecule has 1 aliphatic rings. The van der Waals surface area contributed by atoms with Crippen LogP contribution in [0.25, 0.3) is 0 Å². The first-order valence-electron chi connectivity index (χ1n) is 6.53. The lowest BCUT2D eigenvalue weighted by Crippen LogP contribution is -2.28. The molecule has 1 amide bonds. The molecule has 0 radical (unpaired) electrons. The van der Waals surface area contributed by atoms with Gasteiger partial charge in [-0.2, -0.15) is 0 Å². The molecule has 1 saturated carbocycles. The van der Waals surface area contributed by atoms with Crippen molar-refractivity contribution >= 4 is 5.91 Å². The van der Waals surface area contributed by atoms with Gasteiger partial charge in [-0.3, -0.25) is 4.79 Å². The Balaban J connectivity index is 1.65. The normalized spacial score (nSPS) is 14.6. The highest BCUT2D eigenvalue weighted by Gasteiger charge is 2.24. The van der Waals surface area contributed by atoms with Crippen LogP contribution in [-0.4, -0.2) is 24.4 Å². The first-order chi connectivity index (χ1) is 8.25. The molecule has 0 bridgehead atoms. The van der Waals surface area contributed by atoms with Gasteiger partial charge in [-0.1, -0.05) is 30.3 Å². The summed E-state index contributed by atoms with van der Waals surface area (Å²) in [6.45, 7) is 0.962. The Labute approximate surface area is 104 Å². The average Bonchev–Trinajstić information content (AvgIpc) is 3.14. The zero-order valence-electron chi connectivity index (χ0n) is 10.6. The summed E-state index contributed by atoms with van der Waals surface area (Å²) < 4.78 is 0. The number of nitrogens with zero attached hydrogens (tertiary/aromatic N) is 1. The van der Waals surface area contributed by atoms with Gasteiger partial charge in [0, 0.05) is 20.0 Å². The average molecular weight is 231 g/mol. The summed E-state index contributed by atoms with van der Waals surface area (Å²) in [5.74, 6) is 1.09. The zero-order chi connectivity index (χ0) is 12.1. The van der Waals surface area contributed by atoms with E-state index in [1.165, 1.54) is 18.4 Å². The largest absolute Gasteiger partial charge is 0.345 e. The van der Waals surface area contributed by atoms with Crippen LogP contribution in [-0.2, 0) is 11.2 Å². The fourth-order valence-corrected chi connectivity index (χ4v) is 2.07. The lowest BCUT2D eigenvalue weighted by Gasteiger charge is -2.16. The molecule has 2 heteroatoms. The van der Waals surface area contributed by atoms with Crippen LogP contribution in [0.3, 0.4) is 0 Å². The Morgan fingerprint density at radius 1 is 1.29 bits per heavy atom. The maximum Gasteiger partial charge on any atom is 0.222 e. The topological polar surface area (TPSA) is 20.3 Å². The Bertz CT molecular complexity index is 356. The van der Waals surface area contributed by atoms with Crippen LogP contribution in [0.4, 0.5) is 0 Å². The van der Waals surface area contributed by atoms with E-state index in [0.717, 1.165) is 25.3 Å². The number of carbonyl (C=O) groups is 1. The Morgan fingerprint density at radius 3 is 2.65 bits per heavy atom. The van der Waals surface area contributed by atoms with Crippen molar-refractivity contribution < 1.29 is 4.79 Å². The molecule has 92 valence electrons. The van der Waals surface area contributed by atoms with Gasteiger partial charge in [0.25, 0.3) is 0 Å². The van der Waals surface area contributed by atoms with Crippen LogP contribution >= 0.6 is 0 Å². The van der Waals surface area contributed by atoms with Gasteiger partial charge in [0.2, 0.25) is 5.91 Å². The van der Waals surface area contributed by atoms with E-state index in [4.69, 9.17) is 0 Å². The second kappa shape index (κ2) is 5.85. The molecule has 0 saturated heterocycles. The highest BCUT2D eigenvalue weighted by Crippen LogP contribution is 2.29. The van der Waals surface area contributed by atoms with E-state index in [1.54, 1.807) is 0 Å². The van der Waals surface area contributed by atoms with Gasteiger partial charge >= 0.3 is 0 Å². The third-order valence-corrected chi connectivity index (χ3v) is 3.35. The molecule has 1 fully saturated rings.